The molecule has 2 heterocycles. The van der Waals surface area contributed by atoms with Gasteiger partial charge in [-0.1, -0.05) is 6.07 Å². The van der Waals surface area contributed by atoms with Crippen molar-refractivity contribution < 1.29 is 4.79 Å². The molecule has 0 fully saturated rings. The maximum absolute atomic E-state index is 12.3. The van der Waals surface area contributed by atoms with E-state index in [4.69, 9.17) is 0 Å². The first-order valence-electron chi connectivity index (χ1n) is 8.41. The summed E-state index contributed by atoms with van der Waals surface area (Å²) < 4.78 is 1.50. The number of anilines is 2. The summed E-state index contributed by atoms with van der Waals surface area (Å²) >= 11 is 0. The zero-order valence-corrected chi connectivity index (χ0v) is 15.4. The minimum atomic E-state index is -0.167. The van der Waals surface area contributed by atoms with Crippen molar-refractivity contribution in [3.8, 4) is 5.69 Å². The summed E-state index contributed by atoms with van der Waals surface area (Å²) in [6.07, 6.45) is 1.48. The molecule has 10 heteroatoms. The molecule has 3 rings (SSSR count). The lowest BCUT2D eigenvalue weighted by Gasteiger charge is -2.14. The van der Waals surface area contributed by atoms with Crippen molar-refractivity contribution in [3.05, 3.63) is 48.0 Å². The summed E-state index contributed by atoms with van der Waals surface area (Å²) in [6, 6.07) is 8.96. The number of hydrogen-bond acceptors (Lipinski definition) is 8. The number of nitrogens with one attached hydrogen (secondary N) is 2. The summed E-state index contributed by atoms with van der Waals surface area (Å²) in [5.74, 6) is 2.07. The number of carbonyl (C=O) groups is 1. The predicted octanol–water partition coefficient (Wildman–Crippen LogP) is 0.669. The van der Waals surface area contributed by atoms with Gasteiger partial charge < -0.3 is 15.5 Å². The fourth-order valence-electron chi connectivity index (χ4n) is 2.41. The van der Waals surface area contributed by atoms with Crippen molar-refractivity contribution in [1.82, 2.24) is 35.5 Å². The Kier molecular flexibility index (Phi) is 5.55. The van der Waals surface area contributed by atoms with Crippen LogP contribution in [0.4, 0.5) is 11.6 Å². The molecule has 3 aromatic rings. The average molecular weight is 367 g/mol. The van der Waals surface area contributed by atoms with Gasteiger partial charge >= 0.3 is 0 Å². The van der Waals surface area contributed by atoms with Gasteiger partial charge in [0.25, 0.3) is 5.91 Å². The molecule has 0 bridgehead atoms. The van der Waals surface area contributed by atoms with Crippen LogP contribution in [0.3, 0.4) is 0 Å². The second-order valence-electron chi connectivity index (χ2n) is 6.04. The molecule has 2 aromatic heterocycles. The quantitative estimate of drug-likeness (QED) is 0.586. The molecule has 27 heavy (non-hydrogen) atoms. The molecule has 0 saturated carbocycles. The Morgan fingerprint density at radius 3 is 2.78 bits per heavy atom. The van der Waals surface area contributed by atoms with E-state index < -0.39 is 0 Å². The molecule has 10 nitrogen and oxygen atoms in total. The van der Waals surface area contributed by atoms with Gasteiger partial charge in [-0.05, 0) is 35.5 Å². The molecule has 1 aromatic carbocycles. The molecule has 0 aliphatic rings. The number of nitrogens with zero attached hydrogens (tertiary/aromatic N) is 7. The Labute approximate surface area is 156 Å². The third-order valence-electron chi connectivity index (χ3n) is 3.72. The van der Waals surface area contributed by atoms with Crippen LogP contribution in [-0.2, 0) is 0 Å². The number of rotatable bonds is 7. The molecule has 2 N–H and O–H groups in total. The van der Waals surface area contributed by atoms with Crippen LogP contribution in [0.2, 0.25) is 0 Å². The zero-order valence-electron chi connectivity index (χ0n) is 15.4. The number of aromatic nitrogens is 6. The highest BCUT2D eigenvalue weighted by Crippen LogP contribution is 2.13. The van der Waals surface area contributed by atoms with E-state index in [1.807, 2.05) is 38.1 Å². The van der Waals surface area contributed by atoms with Crippen molar-refractivity contribution in [2.45, 2.75) is 6.92 Å². The average Bonchev–Trinajstić information content (AvgIpc) is 3.19. The highest BCUT2D eigenvalue weighted by atomic mass is 16.1. The Morgan fingerprint density at radius 1 is 1.19 bits per heavy atom. The summed E-state index contributed by atoms with van der Waals surface area (Å²) in [7, 11) is 3.85. The molecule has 0 unspecified atom stereocenters. The van der Waals surface area contributed by atoms with Crippen LogP contribution < -0.4 is 15.5 Å². The number of hydrogen-bond donors (Lipinski definition) is 2. The second kappa shape index (κ2) is 8.21. The van der Waals surface area contributed by atoms with E-state index in [0.717, 1.165) is 17.3 Å². The minimum Gasteiger partial charge on any atom is -0.368 e. The summed E-state index contributed by atoms with van der Waals surface area (Å²) in [5, 5.41) is 17.1. The largest absolute Gasteiger partial charge is 0.368 e. The molecule has 0 atom stereocenters. The number of aryl methyl sites for hydroxylation is 1. The Morgan fingerprint density at radius 2 is 2.04 bits per heavy atom. The van der Waals surface area contributed by atoms with E-state index in [9.17, 15) is 4.79 Å². The van der Waals surface area contributed by atoms with Gasteiger partial charge in [0.1, 0.15) is 23.8 Å². The molecule has 0 spiro atoms. The number of carbonyl (C=O) groups excluding carboxylic acids is 1. The smallest absolute Gasteiger partial charge is 0.251 e. The fraction of sp³-hybridized carbons (Fsp3) is 0.294. The lowest BCUT2D eigenvalue weighted by atomic mass is 10.2. The molecular formula is C17H21N9O. The third kappa shape index (κ3) is 4.75. The molecule has 0 saturated heterocycles. The Hall–Kier alpha value is -3.56. The molecule has 140 valence electrons. The molecule has 0 aliphatic carbocycles. The van der Waals surface area contributed by atoms with Crippen LogP contribution in [0, 0.1) is 6.92 Å². The predicted molar refractivity (Wildman–Crippen MR) is 101 cm³/mol. The first kappa shape index (κ1) is 18.2. The maximum Gasteiger partial charge on any atom is 0.251 e. The van der Waals surface area contributed by atoms with Gasteiger partial charge in [0, 0.05) is 38.8 Å². The normalized spacial score (nSPS) is 10.5. The highest BCUT2D eigenvalue weighted by Gasteiger charge is 2.08. The SMILES string of the molecule is Cc1nc(NCCNC(=O)c2cccc(-n3cnnn3)c2)cc(N(C)C)n1. The topological polar surface area (TPSA) is 114 Å². The van der Waals surface area contributed by atoms with Gasteiger partial charge in [-0.25, -0.2) is 14.6 Å². The van der Waals surface area contributed by atoms with Crippen LogP contribution in [0.1, 0.15) is 16.2 Å². The van der Waals surface area contributed by atoms with Crippen molar-refractivity contribution >= 4 is 17.5 Å². The van der Waals surface area contributed by atoms with Crippen molar-refractivity contribution in [3.63, 3.8) is 0 Å². The van der Waals surface area contributed by atoms with Crippen LogP contribution in [0.15, 0.2) is 36.7 Å². The third-order valence-corrected chi connectivity index (χ3v) is 3.72. The van der Waals surface area contributed by atoms with Crippen molar-refractivity contribution in [2.75, 3.05) is 37.4 Å². The van der Waals surface area contributed by atoms with E-state index in [2.05, 4.69) is 36.1 Å². The molecule has 1 amide bonds. The molecule has 0 aliphatic heterocycles. The van der Waals surface area contributed by atoms with Crippen LogP contribution in [-0.4, -0.2) is 63.3 Å². The van der Waals surface area contributed by atoms with E-state index in [1.54, 1.807) is 18.2 Å². The van der Waals surface area contributed by atoms with E-state index >= 15 is 0 Å². The van der Waals surface area contributed by atoms with Crippen LogP contribution in [0.25, 0.3) is 5.69 Å². The van der Waals surface area contributed by atoms with Gasteiger partial charge in [-0.15, -0.1) is 5.10 Å². The zero-order chi connectivity index (χ0) is 19.2. The molecule has 0 radical (unpaired) electrons. The van der Waals surface area contributed by atoms with Crippen molar-refractivity contribution in [1.29, 1.82) is 0 Å². The van der Waals surface area contributed by atoms with Crippen LogP contribution in [0.5, 0.6) is 0 Å². The number of benzene rings is 1. The molecular weight excluding hydrogens is 346 g/mol. The summed E-state index contributed by atoms with van der Waals surface area (Å²) in [4.78, 5) is 23.0. The summed E-state index contributed by atoms with van der Waals surface area (Å²) in [5.41, 5.74) is 1.26. The second-order valence-corrected chi connectivity index (χ2v) is 6.04. The van der Waals surface area contributed by atoms with Crippen LogP contribution >= 0.6 is 0 Å². The standard InChI is InChI=1S/C17H21N9O/c1-12-21-15(10-16(22-12)25(2)3)18-7-8-19-17(27)13-5-4-6-14(9-13)26-11-20-23-24-26/h4-6,9-11H,7-8H2,1-3H3,(H,19,27)(H,18,21,22). The van der Waals surface area contributed by atoms with Gasteiger partial charge in [-0.2, -0.15) is 0 Å². The fourth-order valence-corrected chi connectivity index (χ4v) is 2.41. The highest BCUT2D eigenvalue weighted by molar-refractivity contribution is 5.94. The first-order chi connectivity index (χ1) is 13.0. The first-order valence-corrected chi connectivity index (χ1v) is 8.41. The summed E-state index contributed by atoms with van der Waals surface area (Å²) in [6.45, 7) is 2.84. The van der Waals surface area contributed by atoms with Gasteiger partial charge in [0.15, 0.2) is 0 Å². The van der Waals surface area contributed by atoms with Gasteiger partial charge in [0.05, 0.1) is 5.69 Å². The lowest BCUT2D eigenvalue weighted by molar-refractivity contribution is 0.0955. The van der Waals surface area contributed by atoms with Gasteiger partial charge in [0.2, 0.25) is 0 Å². The van der Waals surface area contributed by atoms with E-state index in [1.165, 1.54) is 11.0 Å². The van der Waals surface area contributed by atoms with E-state index in [-0.39, 0.29) is 5.91 Å². The maximum atomic E-state index is 12.3. The van der Waals surface area contributed by atoms with Crippen molar-refractivity contribution in [2.24, 2.45) is 0 Å². The Balaban J connectivity index is 1.54. The lowest BCUT2D eigenvalue weighted by Crippen LogP contribution is -2.29. The number of tetrazole rings is 1. The number of amides is 1. The minimum absolute atomic E-state index is 0.167. The van der Waals surface area contributed by atoms with Gasteiger partial charge in [-0.3, -0.25) is 4.79 Å². The monoisotopic (exact) mass is 367 g/mol. The Bertz CT molecular complexity index is 909. The van der Waals surface area contributed by atoms with E-state index in [0.29, 0.717) is 24.5 Å².